The van der Waals surface area contributed by atoms with Crippen molar-refractivity contribution in [2.24, 2.45) is 0 Å². The molecule has 10 heteroatoms. The summed E-state index contributed by atoms with van der Waals surface area (Å²) in [5.41, 5.74) is -0.130. The fraction of sp³-hybridized carbons (Fsp3) is 0.200. The van der Waals surface area contributed by atoms with Gasteiger partial charge in [-0.3, -0.25) is 24.3 Å². The Bertz CT molecular complexity index is 983. The van der Waals surface area contributed by atoms with Gasteiger partial charge in [0.15, 0.2) is 5.13 Å². The number of thiazole rings is 1. The number of nitrogens with zero attached hydrogens (tertiary/aromatic N) is 4. The Kier molecular flexibility index (Phi) is 4.80. The van der Waals surface area contributed by atoms with E-state index in [1.165, 1.54) is 40.4 Å². The van der Waals surface area contributed by atoms with Crippen LogP contribution in [-0.4, -0.2) is 25.4 Å². The summed E-state index contributed by atoms with van der Waals surface area (Å²) < 4.78 is 1.35. The lowest BCUT2D eigenvalue weighted by Crippen LogP contribution is -2.21. The third-order valence-corrected chi connectivity index (χ3v) is 4.19. The van der Waals surface area contributed by atoms with Crippen LogP contribution in [0.1, 0.15) is 12.8 Å². The molecule has 128 valence electrons. The molecule has 0 aliphatic rings. The summed E-state index contributed by atoms with van der Waals surface area (Å²) in [7, 11) is 0. The highest BCUT2D eigenvalue weighted by Crippen LogP contribution is 2.16. The number of nitrogens with one attached hydrogen (secondary N) is 1. The van der Waals surface area contributed by atoms with Crippen molar-refractivity contribution >= 4 is 39.0 Å². The Morgan fingerprint density at radius 3 is 2.92 bits per heavy atom. The average Bonchev–Trinajstić information content (AvgIpc) is 3.09. The molecular weight excluding hydrogens is 346 g/mol. The van der Waals surface area contributed by atoms with Crippen LogP contribution in [0.5, 0.6) is 0 Å². The molecule has 0 fully saturated rings. The molecule has 0 saturated carbocycles. The number of aryl methyl sites for hydroxylation is 1. The Labute approximate surface area is 145 Å². The number of amides is 1. The number of non-ortho nitro benzene ring substituents is 1. The molecule has 25 heavy (non-hydrogen) atoms. The third kappa shape index (κ3) is 3.86. The summed E-state index contributed by atoms with van der Waals surface area (Å²) in [4.78, 5) is 42.6. The Morgan fingerprint density at radius 2 is 2.20 bits per heavy atom. The predicted octanol–water partition coefficient (Wildman–Crippen LogP) is 2.18. The number of carbonyl (C=O) groups is 1. The zero-order valence-electron chi connectivity index (χ0n) is 12.9. The molecule has 0 aliphatic carbocycles. The number of nitro groups is 1. The van der Waals surface area contributed by atoms with Gasteiger partial charge in [0.2, 0.25) is 5.91 Å². The van der Waals surface area contributed by atoms with Crippen LogP contribution in [0.15, 0.2) is 40.9 Å². The maximum Gasteiger partial charge on any atom is 0.270 e. The molecule has 0 aliphatic heterocycles. The van der Waals surface area contributed by atoms with Crippen molar-refractivity contribution in [2.45, 2.75) is 19.4 Å². The van der Waals surface area contributed by atoms with Crippen molar-refractivity contribution < 1.29 is 9.72 Å². The van der Waals surface area contributed by atoms with Crippen LogP contribution >= 0.6 is 11.3 Å². The molecule has 0 radical (unpaired) electrons. The standard InChI is InChI=1S/C15H13N5O4S/c21-13(18-15-16-5-7-25-15)2-1-6-19-9-17-12-4-3-10(20(23)24)8-11(12)14(19)22/h3-5,7-9H,1-2,6H2,(H,16,18,21). The van der Waals surface area contributed by atoms with Crippen molar-refractivity contribution in [3.05, 3.63) is 56.6 Å². The summed E-state index contributed by atoms with van der Waals surface area (Å²) in [5.74, 6) is -0.188. The number of fused-ring (bicyclic) bond motifs is 1. The summed E-state index contributed by atoms with van der Waals surface area (Å²) in [6.45, 7) is 0.287. The van der Waals surface area contributed by atoms with E-state index < -0.39 is 4.92 Å². The van der Waals surface area contributed by atoms with E-state index in [1.807, 2.05) is 0 Å². The Morgan fingerprint density at radius 1 is 1.36 bits per heavy atom. The third-order valence-electron chi connectivity index (χ3n) is 3.50. The SMILES string of the molecule is O=C(CCCn1cnc2ccc([N+](=O)[O-])cc2c1=O)Nc1nccs1. The van der Waals surface area contributed by atoms with E-state index >= 15 is 0 Å². The first kappa shape index (κ1) is 16.7. The van der Waals surface area contributed by atoms with Crippen molar-refractivity contribution in [3.63, 3.8) is 0 Å². The minimum absolute atomic E-state index is 0.160. The lowest BCUT2D eigenvalue weighted by molar-refractivity contribution is -0.384. The lowest BCUT2D eigenvalue weighted by Gasteiger charge is -2.06. The summed E-state index contributed by atoms with van der Waals surface area (Å²) in [5, 5.41) is 16.0. The Balaban J connectivity index is 1.69. The minimum Gasteiger partial charge on any atom is -0.302 e. The molecule has 1 N–H and O–H groups in total. The van der Waals surface area contributed by atoms with Crippen molar-refractivity contribution in [1.82, 2.24) is 14.5 Å². The smallest absolute Gasteiger partial charge is 0.270 e. The maximum atomic E-state index is 12.4. The van der Waals surface area contributed by atoms with E-state index in [0.29, 0.717) is 17.1 Å². The molecular formula is C15H13N5O4S. The van der Waals surface area contributed by atoms with Gasteiger partial charge in [-0.2, -0.15) is 0 Å². The number of nitro benzene ring substituents is 1. The van der Waals surface area contributed by atoms with E-state index in [0.717, 1.165) is 0 Å². The van der Waals surface area contributed by atoms with E-state index in [1.54, 1.807) is 11.6 Å². The monoisotopic (exact) mass is 359 g/mol. The van der Waals surface area contributed by atoms with Gasteiger partial charge in [-0.25, -0.2) is 9.97 Å². The molecule has 2 heterocycles. The summed E-state index contributed by atoms with van der Waals surface area (Å²) >= 11 is 1.33. The highest BCUT2D eigenvalue weighted by Gasteiger charge is 2.11. The molecule has 0 bridgehead atoms. The molecule has 2 aromatic heterocycles. The zero-order chi connectivity index (χ0) is 17.8. The van der Waals surface area contributed by atoms with Crippen LogP contribution in [-0.2, 0) is 11.3 Å². The topological polar surface area (TPSA) is 120 Å². The lowest BCUT2D eigenvalue weighted by atomic mass is 10.2. The zero-order valence-corrected chi connectivity index (χ0v) is 13.7. The molecule has 0 saturated heterocycles. The molecule has 1 aromatic carbocycles. The van der Waals surface area contributed by atoms with Crippen LogP contribution < -0.4 is 10.9 Å². The van der Waals surface area contributed by atoms with Gasteiger partial charge >= 0.3 is 0 Å². The second-order valence-corrected chi connectivity index (χ2v) is 6.09. The summed E-state index contributed by atoms with van der Waals surface area (Å²) in [6, 6.07) is 3.97. The normalized spacial score (nSPS) is 10.7. The first-order valence-corrected chi connectivity index (χ1v) is 8.25. The van der Waals surface area contributed by atoms with Gasteiger partial charge in [0, 0.05) is 36.7 Å². The molecule has 3 aromatic rings. The van der Waals surface area contributed by atoms with Gasteiger partial charge in [0.1, 0.15) is 0 Å². The second-order valence-electron chi connectivity index (χ2n) is 5.19. The van der Waals surface area contributed by atoms with E-state index in [2.05, 4.69) is 15.3 Å². The molecule has 1 amide bonds. The minimum atomic E-state index is -0.556. The molecule has 3 rings (SSSR count). The molecule has 0 atom stereocenters. The maximum absolute atomic E-state index is 12.4. The van der Waals surface area contributed by atoms with Crippen LogP contribution in [0, 0.1) is 10.1 Å². The summed E-state index contributed by atoms with van der Waals surface area (Å²) in [6.07, 6.45) is 3.63. The van der Waals surface area contributed by atoms with E-state index in [4.69, 9.17) is 0 Å². The quantitative estimate of drug-likeness (QED) is 0.532. The number of aromatic nitrogens is 3. The highest BCUT2D eigenvalue weighted by atomic mass is 32.1. The Hall–Kier alpha value is -3.14. The number of carbonyl (C=O) groups excluding carboxylic acids is 1. The van der Waals surface area contributed by atoms with Crippen molar-refractivity contribution in [2.75, 3.05) is 5.32 Å². The van der Waals surface area contributed by atoms with Crippen LogP contribution in [0.4, 0.5) is 10.8 Å². The van der Waals surface area contributed by atoms with Gasteiger partial charge in [0.05, 0.1) is 22.2 Å². The number of hydrogen-bond acceptors (Lipinski definition) is 7. The van der Waals surface area contributed by atoms with Crippen molar-refractivity contribution in [3.8, 4) is 0 Å². The first-order valence-electron chi connectivity index (χ1n) is 7.37. The van der Waals surface area contributed by atoms with Crippen LogP contribution in [0.2, 0.25) is 0 Å². The fourth-order valence-electron chi connectivity index (χ4n) is 2.30. The van der Waals surface area contributed by atoms with E-state index in [9.17, 15) is 19.7 Å². The molecule has 0 spiro atoms. The largest absolute Gasteiger partial charge is 0.302 e. The van der Waals surface area contributed by atoms with E-state index in [-0.39, 0.29) is 35.5 Å². The van der Waals surface area contributed by atoms with Gasteiger partial charge < -0.3 is 5.32 Å². The van der Waals surface area contributed by atoms with Crippen molar-refractivity contribution in [1.29, 1.82) is 0 Å². The fourth-order valence-corrected chi connectivity index (χ4v) is 2.84. The van der Waals surface area contributed by atoms with Gasteiger partial charge in [0.25, 0.3) is 11.2 Å². The van der Waals surface area contributed by atoms with Gasteiger partial charge in [-0.1, -0.05) is 0 Å². The highest BCUT2D eigenvalue weighted by molar-refractivity contribution is 7.13. The van der Waals surface area contributed by atoms with Gasteiger partial charge in [-0.15, -0.1) is 11.3 Å². The molecule has 0 unspecified atom stereocenters. The predicted molar refractivity (Wildman–Crippen MR) is 92.6 cm³/mol. The number of rotatable bonds is 6. The number of anilines is 1. The van der Waals surface area contributed by atoms with Gasteiger partial charge in [-0.05, 0) is 12.5 Å². The number of hydrogen-bond donors (Lipinski definition) is 1. The number of benzene rings is 1. The first-order chi connectivity index (χ1) is 12.0. The van der Waals surface area contributed by atoms with Crippen LogP contribution in [0.3, 0.4) is 0 Å². The second kappa shape index (κ2) is 7.18. The van der Waals surface area contributed by atoms with Crippen LogP contribution in [0.25, 0.3) is 10.9 Å². The molecule has 9 nitrogen and oxygen atoms in total. The average molecular weight is 359 g/mol.